The quantitative estimate of drug-likeness (QED) is 0.858. The van der Waals surface area contributed by atoms with Crippen LogP contribution >= 0.6 is 0 Å². The number of benzene rings is 2. The summed E-state index contributed by atoms with van der Waals surface area (Å²) in [4.78, 5) is 27.1. The summed E-state index contributed by atoms with van der Waals surface area (Å²) >= 11 is 0. The molecular weight excluding hydrogens is 338 g/mol. The molecule has 0 atom stereocenters. The monoisotopic (exact) mass is 363 g/mol. The Morgan fingerprint density at radius 1 is 1.07 bits per heavy atom. The Morgan fingerprint density at radius 2 is 1.85 bits per heavy atom. The number of hydrogen-bond donors (Lipinski definition) is 2. The van der Waals surface area contributed by atoms with Crippen molar-refractivity contribution in [1.29, 1.82) is 0 Å². The number of carbonyl (C=O) groups excluding carboxylic acids is 2. The molecule has 1 fully saturated rings. The first-order valence-electron chi connectivity index (χ1n) is 9.65. The molecule has 5 heteroatoms. The number of carbonyl (C=O) groups is 2. The Hall–Kier alpha value is -2.66. The zero-order valence-corrected chi connectivity index (χ0v) is 15.4. The standard InChI is InChI=1S/C22H25N3O2/c26-21(19-8-4-7-18-14-24-22(27)20(18)19)23-13-16-9-11-25(12-10-16)15-17-5-2-1-3-6-17/h1-8,16H,9-15H2,(H,23,26)(H,24,27). The van der Waals surface area contributed by atoms with Crippen LogP contribution in [0.4, 0.5) is 0 Å². The van der Waals surface area contributed by atoms with Crippen LogP contribution in [0.25, 0.3) is 0 Å². The van der Waals surface area contributed by atoms with Gasteiger partial charge >= 0.3 is 0 Å². The van der Waals surface area contributed by atoms with Gasteiger partial charge in [-0.25, -0.2) is 0 Å². The van der Waals surface area contributed by atoms with E-state index in [1.165, 1.54) is 5.56 Å². The lowest BCUT2D eigenvalue weighted by atomic mass is 9.96. The molecule has 5 nitrogen and oxygen atoms in total. The van der Waals surface area contributed by atoms with E-state index in [2.05, 4.69) is 39.8 Å². The first-order valence-corrected chi connectivity index (χ1v) is 9.65. The van der Waals surface area contributed by atoms with Gasteiger partial charge < -0.3 is 10.6 Å². The van der Waals surface area contributed by atoms with E-state index in [1.807, 2.05) is 18.2 Å². The van der Waals surface area contributed by atoms with Crippen LogP contribution in [0.1, 0.15) is 44.7 Å². The number of fused-ring (bicyclic) bond motifs is 1. The second-order valence-electron chi connectivity index (χ2n) is 7.44. The number of nitrogens with one attached hydrogen (secondary N) is 2. The number of amides is 2. The van der Waals surface area contributed by atoms with Gasteiger partial charge in [0, 0.05) is 19.6 Å². The van der Waals surface area contributed by atoms with Gasteiger partial charge in [-0.2, -0.15) is 0 Å². The Labute approximate surface area is 159 Å². The third kappa shape index (κ3) is 4.03. The number of likely N-dealkylation sites (tertiary alicyclic amines) is 1. The first-order chi connectivity index (χ1) is 13.2. The average Bonchev–Trinajstić information content (AvgIpc) is 3.09. The van der Waals surface area contributed by atoms with Crippen molar-refractivity contribution in [1.82, 2.24) is 15.5 Å². The van der Waals surface area contributed by atoms with Gasteiger partial charge in [0.25, 0.3) is 11.8 Å². The molecule has 0 bridgehead atoms. The second-order valence-corrected chi connectivity index (χ2v) is 7.44. The highest BCUT2D eigenvalue weighted by molar-refractivity contribution is 6.09. The lowest BCUT2D eigenvalue weighted by molar-refractivity contribution is 0.0915. The summed E-state index contributed by atoms with van der Waals surface area (Å²) in [5.74, 6) is 0.201. The predicted molar refractivity (Wildman–Crippen MR) is 104 cm³/mol. The Kier molecular flexibility index (Phi) is 5.21. The Morgan fingerprint density at radius 3 is 2.63 bits per heavy atom. The molecule has 0 aromatic heterocycles. The average molecular weight is 363 g/mol. The van der Waals surface area contributed by atoms with Crippen LogP contribution in [0.3, 0.4) is 0 Å². The lowest BCUT2D eigenvalue weighted by Gasteiger charge is -2.32. The van der Waals surface area contributed by atoms with E-state index < -0.39 is 0 Å². The first kappa shape index (κ1) is 17.7. The molecule has 2 N–H and O–H groups in total. The molecule has 140 valence electrons. The van der Waals surface area contributed by atoms with Gasteiger partial charge in [0.05, 0.1) is 11.1 Å². The molecule has 27 heavy (non-hydrogen) atoms. The van der Waals surface area contributed by atoms with Crippen molar-refractivity contribution in [2.45, 2.75) is 25.9 Å². The van der Waals surface area contributed by atoms with E-state index in [4.69, 9.17) is 0 Å². The fourth-order valence-electron chi connectivity index (χ4n) is 3.99. The third-order valence-corrected chi connectivity index (χ3v) is 5.57. The van der Waals surface area contributed by atoms with E-state index in [0.29, 0.717) is 30.1 Å². The number of hydrogen-bond acceptors (Lipinski definition) is 3. The molecule has 0 saturated carbocycles. The van der Waals surface area contributed by atoms with Crippen molar-refractivity contribution in [2.24, 2.45) is 5.92 Å². The summed E-state index contributed by atoms with van der Waals surface area (Å²) in [7, 11) is 0. The fraction of sp³-hybridized carbons (Fsp3) is 0.364. The van der Waals surface area contributed by atoms with Gasteiger partial charge in [0.15, 0.2) is 0 Å². The molecular formula is C22H25N3O2. The molecule has 2 heterocycles. The molecule has 0 spiro atoms. The van der Waals surface area contributed by atoms with E-state index in [1.54, 1.807) is 6.07 Å². The predicted octanol–water partition coefficient (Wildman–Crippen LogP) is 2.57. The molecule has 0 radical (unpaired) electrons. The second kappa shape index (κ2) is 7.92. The summed E-state index contributed by atoms with van der Waals surface area (Å²) in [6.07, 6.45) is 2.17. The molecule has 2 aliphatic heterocycles. The SMILES string of the molecule is O=C(NCC1CCN(Cc2ccccc2)CC1)c1cccc2c1C(=O)NC2. The molecule has 1 saturated heterocycles. The van der Waals surface area contributed by atoms with Crippen molar-refractivity contribution < 1.29 is 9.59 Å². The number of piperidine rings is 1. The van der Waals surface area contributed by atoms with E-state index in [9.17, 15) is 9.59 Å². The van der Waals surface area contributed by atoms with Crippen LogP contribution in [0, 0.1) is 5.92 Å². The Bertz CT molecular complexity index is 827. The van der Waals surface area contributed by atoms with Crippen molar-refractivity contribution in [2.75, 3.05) is 19.6 Å². The number of rotatable bonds is 5. The van der Waals surface area contributed by atoms with Crippen molar-refractivity contribution in [3.63, 3.8) is 0 Å². The van der Waals surface area contributed by atoms with Gasteiger partial charge in [-0.1, -0.05) is 42.5 Å². The molecule has 2 aromatic rings. The number of nitrogens with zero attached hydrogens (tertiary/aromatic N) is 1. The summed E-state index contributed by atoms with van der Waals surface area (Å²) in [5, 5.41) is 5.83. The molecule has 2 amide bonds. The van der Waals surface area contributed by atoms with Gasteiger partial charge in [-0.3, -0.25) is 14.5 Å². The van der Waals surface area contributed by atoms with Crippen LogP contribution in [0.5, 0.6) is 0 Å². The Balaban J connectivity index is 1.28. The topological polar surface area (TPSA) is 61.4 Å². The molecule has 2 aromatic carbocycles. The summed E-state index contributed by atoms with van der Waals surface area (Å²) < 4.78 is 0. The van der Waals surface area contributed by atoms with Crippen molar-refractivity contribution in [3.05, 3.63) is 70.8 Å². The van der Waals surface area contributed by atoms with E-state index in [0.717, 1.165) is 38.0 Å². The van der Waals surface area contributed by atoms with Crippen LogP contribution in [0.15, 0.2) is 48.5 Å². The van der Waals surface area contributed by atoms with Crippen LogP contribution in [0.2, 0.25) is 0 Å². The highest BCUT2D eigenvalue weighted by Crippen LogP contribution is 2.21. The van der Waals surface area contributed by atoms with Crippen LogP contribution in [-0.4, -0.2) is 36.3 Å². The highest BCUT2D eigenvalue weighted by Gasteiger charge is 2.26. The molecule has 0 aliphatic carbocycles. The zero-order chi connectivity index (χ0) is 18.6. The largest absolute Gasteiger partial charge is 0.352 e. The van der Waals surface area contributed by atoms with Gasteiger partial charge in [0.2, 0.25) is 0 Å². The third-order valence-electron chi connectivity index (χ3n) is 5.57. The fourth-order valence-corrected chi connectivity index (χ4v) is 3.99. The lowest BCUT2D eigenvalue weighted by Crippen LogP contribution is -2.38. The maximum atomic E-state index is 12.6. The summed E-state index contributed by atoms with van der Waals surface area (Å²) in [5.41, 5.74) is 3.28. The highest BCUT2D eigenvalue weighted by atomic mass is 16.2. The van der Waals surface area contributed by atoms with E-state index in [-0.39, 0.29) is 11.8 Å². The smallest absolute Gasteiger partial charge is 0.252 e. The van der Waals surface area contributed by atoms with E-state index >= 15 is 0 Å². The minimum atomic E-state index is -0.148. The summed E-state index contributed by atoms with van der Waals surface area (Å²) in [6, 6.07) is 16.0. The maximum absolute atomic E-state index is 12.6. The summed E-state index contributed by atoms with van der Waals surface area (Å²) in [6.45, 7) is 4.28. The minimum absolute atomic E-state index is 0.143. The van der Waals surface area contributed by atoms with Gasteiger partial charge in [-0.05, 0) is 49.0 Å². The molecule has 2 aliphatic rings. The molecule has 0 unspecified atom stereocenters. The van der Waals surface area contributed by atoms with Gasteiger partial charge in [-0.15, -0.1) is 0 Å². The minimum Gasteiger partial charge on any atom is -0.352 e. The van der Waals surface area contributed by atoms with Gasteiger partial charge in [0.1, 0.15) is 0 Å². The zero-order valence-electron chi connectivity index (χ0n) is 15.4. The van der Waals surface area contributed by atoms with Crippen molar-refractivity contribution in [3.8, 4) is 0 Å². The van der Waals surface area contributed by atoms with Crippen LogP contribution < -0.4 is 10.6 Å². The van der Waals surface area contributed by atoms with Crippen molar-refractivity contribution >= 4 is 11.8 Å². The van der Waals surface area contributed by atoms with Crippen LogP contribution in [-0.2, 0) is 13.1 Å². The molecule has 4 rings (SSSR count). The normalized spacial score (nSPS) is 17.4. The maximum Gasteiger partial charge on any atom is 0.252 e.